The van der Waals surface area contributed by atoms with Crippen LogP contribution in [0.3, 0.4) is 0 Å². The molecule has 3 N–H and O–H groups in total. The van der Waals surface area contributed by atoms with Gasteiger partial charge in [0.25, 0.3) is 0 Å². The molecule has 0 heterocycles. The molecule has 17 heavy (non-hydrogen) atoms. The summed E-state index contributed by atoms with van der Waals surface area (Å²) in [5.74, 6) is 0.834. The second-order valence-electron chi connectivity index (χ2n) is 5.18. The molecule has 1 aliphatic carbocycles. The average Bonchev–Trinajstić information content (AvgIpc) is 2.35. The summed E-state index contributed by atoms with van der Waals surface area (Å²) in [6.07, 6.45) is 5.73. The van der Waals surface area contributed by atoms with Gasteiger partial charge in [0.2, 0.25) is 5.91 Å². The second kappa shape index (κ2) is 6.97. The summed E-state index contributed by atoms with van der Waals surface area (Å²) in [5.41, 5.74) is -0.547. The molecule has 0 aliphatic heterocycles. The zero-order valence-corrected chi connectivity index (χ0v) is 11.1. The van der Waals surface area contributed by atoms with Crippen LogP contribution in [0.5, 0.6) is 0 Å². The highest BCUT2D eigenvalue weighted by molar-refractivity contribution is 5.75. The fourth-order valence-electron chi connectivity index (χ4n) is 2.45. The fourth-order valence-corrected chi connectivity index (χ4v) is 2.45. The van der Waals surface area contributed by atoms with Crippen molar-refractivity contribution in [2.45, 2.75) is 51.0 Å². The van der Waals surface area contributed by atoms with Crippen molar-refractivity contribution in [1.29, 1.82) is 0 Å². The summed E-state index contributed by atoms with van der Waals surface area (Å²) in [5, 5.41) is 16.1. The molecule has 0 aromatic rings. The number of hydrogen-bond donors (Lipinski definition) is 3. The van der Waals surface area contributed by atoms with E-state index >= 15 is 0 Å². The Hall–Kier alpha value is -0.610. The largest absolute Gasteiger partial charge is 0.389 e. The lowest BCUT2D eigenvalue weighted by Gasteiger charge is -2.36. The van der Waals surface area contributed by atoms with Crippen molar-refractivity contribution >= 4 is 5.91 Å². The van der Waals surface area contributed by atoms with Gasteiger partial charge in [0.05, 0.1) is 5.60 Å². The molecule has 1 rings (SSSR count). The molecule has 0 radical (unpaired) electrons. The minimum Gasteiger partial charge on any atom is -0.389 e. The first kappa shape index (κ1) is 14.5. The topological polar surface area (TPSA) is 61.4 Å². The van der Waals surface area contributed by atoms with Crippen LogP contribution in [0.2, 0.25) is 0 Å². The van der Waals surface area contributed by atoms with Gasteiger partial charge in [-0.3, -0.25) is 4.79 Å². The third-order valence-electron chi connectivity index (χ3n) is 3.87. The summed E-state index contributed by atoms with van der Waals surface area (Å²) in [7, 11) is 1.64. The van der Waals surface area contributed by atoms with E-state index in [0.29, 0.717) is 19.5 Å². The van der Waals surface area contributed by atoms with Crippen molar-refractivity contribution in [2.75, 3.05) is 20.1 Å². The molecule has 1 fully saturated rings. The highest BCUT2D eigenvalue weighted by Gasteiger charge is 2.31. The average molecular weight is 242 g/mol. The van der Waals surface area contributed by atoms with Crippen LogP contribution >= 0.6 is 0 Å². The standard InChI is InChI=1S/C13H26N2O2/c1-3-11-4-7-13(17,8-5-11)10-15-9-6-12(16)14-2/h11,15,17H,3-10H2,1-2H3,(H,14,16). The van der Waals surface area contributed by atoms with E-state index in [9.17, 15) is 9.90 Å². The zero-order chi connectivity index (χ0) is 12.7. The first-order valence-electron chi connectivity index (χ1n) is 6.73. The van der Waals surface area contributed by atoms with Crippen molar-refractivity contribution in [3.8, 4) is 0 Å². The lowest BCUT2D eigenvalue weighted by atomic mass is 9.78. The van der Waals surface area contributed by atoms with Gasteiger partial charge >= 0.3 is 0 Å². The van der Waals surface area contributed by atoms with E-state index in [-0.39, 0.29) is 5.91 Å². The molecule has 0 saturated heterocycles. The monoisotopic (exact) mass is 242 g/mol. The number of nitrogens with one attached hydrogen (secondary N) is 2. The lowest BCUT2D eigenvalue weighted by molar-refractivity contribution is -0.120. The molecule has 100 valence electrons. The van der Waals surface area contributed by atoms with Crippen molar-refractivity contribution in [3.05, 3.63) is 0 Å². The van der Waals surface area contributed by atoms with Gasteiger partial charge in [-0.25, -0.2) is 0 Å². The number of rotatable bonds is 6. The Bertz CT molecular complexity index is 236. The predicted molar refractivity (Wildman–Crippen MR) is 68.8 cm³/mol. The van der Waals surface area contributed by atoms with E-state index < -0.39 is 5.60 Å². The number of hydrogen-bond acceptors (Lipinski definition) is 3. The first-order valence-corrected chi connectivity index (χ1v) is 6.73. The van der Waals surface area contributed by atoms with Crippen molar-refractivity contribution in [3.63, 3.8) is 0 Å². The molecule has 4 nitrogen and oxygen atoms in total. The van der Waals surface area contributed by atoms with E-state index in [2.05, 4.69) is 17.6 Å². The summed E-state index contributed by atoms with van der Waals surface area (Å²) in [6.45, 7) is 3.47. The molecule has 1 amide bonds. The Kier molecular flexibility index (Phi) is 5.92. The van der Waals surface area contributed by atoms with Gasteiger partial charge in [0.15, 0.2) is 0 Å². The Labute approximate surface area is 104 Å². The van der Waals surface area contributed by atoms with Crippen molar-refractivity contribution in [2.24, 2.45) is 5.92 Å². The smallest absolute Gasteiger partial charge is 0.221 e. The van der Waals surface area contributed by atoms with Gasteiger partial charge in [-0.1, -0.05) is 13.3 Å². The highest BCUT2D eigenvalue weighted by atomic mass is 16.3. The van der Waals surface area contributed by atoms with Crippen LogP contribution in [0.1, 0.15) is 45.4 Å². The van der Waals surface area contributed by atoms with Crippen LogP contribution in [0, 0.1) is 5.92 Å². The number of carbonyl (C=O) groups is 1. The summed E-state index contributed by atoms with van der Waals surface area (Å²) < 4.78 is 0. The Morgan fingerprint density at radius 3 is 2.59 bits per heavy atom. The Morgan fingerprint density at radius 2 is 2.06 bits per heavy atom. The van der Waals surface area contributed by atoms with Crippen LogP contribution in [0.15, 0.2) is 0 Å². The molecule has 0 aromatic heterocycles. The van der Waals surface area contributed by atoms with E-state index in [1.54, 1.807) is 7.05 Å². The van der Waals surface area contributed by atoms with Gasteiger partial charge in [0, 0.05) is 26.6 Å². The molecule has 1 aliphatic rings. The Balaban J connectivity index is 2.16. The predicted octanol–water partition coefficient (Wildman–Crippen LogP) is 1.04. The Morgan fingerprint density at radius 1 is 1.41 bits per heavy atom. The number of amides is 1. The van der Waals surface area contributed by atoms with Crippen molar-refractivity contribution < 1.29 is 9.90 Å². The van der Waals surface area contributed by atoms with Crippen molar-refractivity contribution in [1.82, 2.24) is 10.6 Å². The molecule has 0 aromatic carbocycles. The second-order valence-corrected chi connectivity index (χ2v) is 5.18. The van der Waals surface area contributed by atoms with Gasteiger partial charge in [-0.15, -0.1) is 0 Å². The minimum atomic E-state index is -0.547. The third-order valence-corrected chi connectivity index (χ3v) is 3.87. The lowest BCUT2D eigenvalue weighted by Crippen LogP contribution is -2.44. The SMILES string of the molecule is CCC1CCC(O)(CNCCC(=O)NC)CC1. The highest BCUT2D eigenvalue weighted by Crippen LogP contribution is 2.33. The van der Waals surface area contributed by atoms with Gasteiger partial charge in [-0.2, -0.15) is 0 Å². The quantitative estimate of drug-likeness (QED) is 0.610. The normalized spacial score (nSPS) is 29.0. The van der Waals surface area contributed by atoms with E-state index in [4.69, 9.17) is 0 Å². The fraction of sp³-hybridized carbons (Fsp3) is 0.923. The molecule has 0 bridgehead atoms. The van der Waals surface area contributed by atoms with Gasteiger partial charge in [-0.05, 0) is 31.6 Å². The minimum absolute atomic E-state index is 0.0409. The van der Waals surface area contributed by atoms with E-state index in [1.165, 1.54) is 6.42 Å². The molecule has 4 heteroatoms. The van der Waals surface area contributed by atoms with Crippen LogP contribution < -0.4 is 10.6 Å². The molecular weight excluding hydrogens is 216 g/mol. The maximum Gasteiger partial charge on any atom is 0.221 e. The van der Waals surface area contributed by atoms with E-state index in [0.717, 1.165) is 31.6 Å². The zero-order valence-electron chi connectivity index (χ0n) is 11.1. The first-order chi connectivity index (χ1) is 8.09. The maximum atomic E-state index is 11.0. The van der Waals surface area contributed by atoms with Crippen LogP contribution in [0.25, 0.3) is 0 Å². The summed E-state index contributed by atoms with van der Waals surface area (Å²) >= 11 is 0. The maximum absolute atomic E-state index is 11.0. The van der Waals surface area contributed by atoms with Crippen LogP contribution in [-0.4, -0.2) is 36.8 Å². The molecule has 0 unspecified atom stereocenters. The number of carbonyl (C=O) groups excluding carboxylic acids is 1. The third kappa shape index (κ3) is 5.04. The molecular formula is C13H26N2O2. The van der Waals surface area contributed by atoms with E-state index in [1.807, 2.05) is 0 Å². The molecule has 1 saturated carbocycles. The molecule has 0 atom stereocenters. The van der Waals surface area contributed by atoms with Gasteiger partial charge < -0.3 is 15.7 Å². The summed E-state index contributed by atoms with van der Waals surface area (Å²) in [6, 6.07) is 0. The van der Waals surface area contributed by atoms with Crippen LogP contribution in [0.4, 0.5) is 0 Å². The summed E-state index contributed by atoms with van der Waals surface area (Å²) in [4.78, 5) is 11.0. The molecule has 0 spiro atoms. The van der Waals surface area contributed by atoms with Gasteiger partial charge in [0.1, 0.15) is 0 Å². The van der Waals surface area contributed by atoms with Crippen LogP contribution in [-0.2, 0) is 4.79 Å². The number of aliphatic hydroxyl groups is 1.